The highest BCUT2D eigenvalue weighted by molar-refractivity contribution is 6.04. The van der Waals surface area contributed by atoms with Gasteiger partial charge in [-0.1, -0.05) is 24.3 Å². The maximum absolute atomic E-state index is 12.8. The number of rotatable bonds is 5. The van der Waals surface area contributed by atoms with Gasteiger partial charge in [0.25, 0.3) is 11.8 Å². The lowest BCUT2D eigenvalue weighted by molar-refractivity contribution is -0.122. The lowest BCUT2D eigenvalue weighted by Crippen LogP contribution is -2.41. The van der Waals surface area contributed by atoms with E-state index in [9.17, 15) is 9.59 Å². The molecule has 28 heavy (non-hydrogen) atoms. The van der Waals surface area contributed by atoms with Crippen LogP contribution in [0, 0.1) is 13.8 Å². The summed E-state index contributed by atoms with van der Waals surface area (Å²) in [4.78, 5) is 27.3. The first-order valence-corrected chi connectivity index (χ1v) is 9.46. The minimum absolute atomic E-state index is 0.109. The zero-order chi connectivity index (χ0) is 20.1. The number of carbonyl (C=O) groups excluding carboxylic acids is 2. The van der Waals surface area contributed by atoms with Crippen molar-refractivity contribution in [1.29, 1.82) is 0 Å². The van der Waals surface area contributed by atoms with E-state index in [1.165, 1.54) is 0 Å². The second-order valence-corrected chi connectivity index (χ2v) is 6.97. The molecule has 1 heterocycles. The molecule has 6 heteroatoms. The number of benzene rings is 2. The Bertz CT molecular complexity index is 859. The smallest absolute Gasteiger partial charge is 0.265 e. The number of amides is 2. The van der Waals surface area contributed by atoms with Gasteiger partial charge in [0, 0.05) is 13.1 Å². The molecule has 1 aliphatic rings. The van der Waals surface area contributed by atoms with Crippen molar-refractivity contribution in [3.8, 4) is 5.75 Å². The van der Waals surface area contributed by atoms with Crippen molar-refractivity contribution in [3.05, 3.63) is 59.2 Å². The number of carbonyl (C=O) groups is 2. The third-order valence-electron chi connectivity index (χ3n) is 4.73. The summed E-state index contributed by atoms with van der Waals surface area (Å²) < 4.78 is 11.2. The highest BCUT2D eigenvalue weighted by atomic mass is 16.5. The van der Waals surface area contributed by atoms with Gasteiger partial charge in [0.15, 0.2) is 6.10 Å². The Labute approximate surface area is 165 Å². The summed E-state index contributed by atoms with van der Waals surface area (Å²) in [5.74, 6) is 0.269. The van der Waals surface area contributed by atoms with Crippen molar-refractivity contribution < 1.29 is 19.1 Å². The number of para-hydroxylation sites is 1. The number of ether oxygens (including phenoxy) is 2. The molecule has 1 saturated heterocycles. The van der Waals surface area contributed by atoms with Crippen LogP contribution in [0.2, 0.25) is 0 Å². The molecule has 0 spiro atoms. The van der Waals surface area contributed by atoms with Crippen LogP contribution in [0.1, 0.15) is 28.4 Å². The first-order valence-electron chi connectivity index (χ1n) is 9.46. The third-order valence-corrected chi connectivity index (χ3v) is 4.73. The van der Waals surface area contributed by atoms with Crippen LogP contribution in [0.4, 0.5) is 5.69 Å². The Hall–Kier alpha value is -2.86. The number of nitrogens with one attached hydrogen (secondary N) is 1. The number of hydrogen-bond donors (Lipinski definition) is 1. The Morgan fingerprint density at radius 2 is 1.82 bits per heavy atom. The largest absolute Gasteiger partial charge is 0.481 e. The van der Waals surface area contributed by atoms with E-state index < -0.39 is 6.10 Å². The Balaban J connectivity index is 1.71. The fourth-order valence-corrected chi connectivity index (χ4v) is 3.03. The van der Waals surface area contributed by atoms with Crippen LogP contribution in [0.3, 0.4) is 0 Å². The second-order valence-electron chi connectivity index (χ2n) is 6.97. The van der Waals surface area contributed by atoms with Crippen LogP contribution in [0.15, 0.2) is 42.5 Å². The van der Waals surface area contributed by atoms with Gasteiger partial charge in [0.2, 0.25) is 0 Å². The van der Waals surface area contributed by atoms with Gasteiger partial charge >= 0.3 is 0 Å². The predicted octanol–water partition coefficient (Wildman–Crippen LogP) is 3.18. The molecule has 148 valence electrons. The number of hydrogen-bond acceptors (Lipinski definition) is 4. The lowest BCUT2D eigenvalue weighted by Gasteiger charge is -2.27. The second kappa shape index (κ2) is 8.89. The number of anilines is 1. The zero-order valence-electron chi connectivity index (χ0n) is 16.5. The van der Waals surface area contributed by atoms with E-state index in [1.54, 1.807) is 36.1 Å². The van der Waals surface area contributed by atoms with E-state index in [-0.39, 0.29) is 11.8 Å². The van der Waals surface area contributed by atoms with Gasteiger partial charge in [-0.25, -0.2) is 0 Å². The summed E-state index contributed by atoms with van der Waals surface area (Å²) in [7, 11) is 0. The average molecular weight is 382 g/mol. The summed E-state index contributed by atoms with van der Waals surface area (Å²) in [5.41, 5.74) is 2.99. The summed E-state index contributed by atoms with van der Waals surface area (Å²) in [5, 5.41) is 2.84. The summed E-state index contributed by atoms with van der Waals surface area (Å²) in [6.45, 7) is 7.77. The molecular formula is C22H26N2O4. The Morgan fingerprint density at radius 3 is 2.57 bits per heavy atom. The van der Waals surface area contributed by atoms with Gasteiger partial charge in [-0.05, 0) is 50.1 Å². The lowest BCUT2D eigenvalue weighted by atomic mass is 10.1. The SMILES string of the molecule is Cc1ccc(C)c(O[C@H](C)C(=O)Nc2ccccc2C(=O)N2CCOCC2)c1. The molecule has 2 aromatic rings. The van der Waals surface area contributed by atoms with Crippen molar-refractivity contribution in [2.45, 2.75) is 26.9 Å². The van der Waals surface area contributed by atoms with Crippen molar-refractivity contribution in [2.24, 2.45) is 0 Å². The van der Waals surface area contributed by atoms with Crippen LogP contribution >= 0.6 is 0 Å². The molecule has 1 N–H and O–H groups in total. The predicted molar refractivity (Wildman–Crippen MR) is 108 cm³/mol. The van der Waals surface area contributed by atoms with Crippen molar-refractivity contribution in [2.75, 3.05) is 31.6 Å². The van der Waals surface area contributed by atoms with Crippen LogP contribution < -0.4 is 10.1 Å². The Morgan fingerprint density at radius 1 is 1.11 bits per heavy atom. The maximum Gasteiger partial charge on any atom is 0.265 e. The zero-order valence-corrected chi connectivity index (χ0v) is 16.5. The highest BCUT2D eigenvalue weighted by Crippen LogP contribution is 2.22. The average Bonchev–Trinajstić information content (AvgIpc) is 2.71. The molecule has 0 aliphatic carbocycles. The third kappa shape index (κ3) is 4.70. The molecule has 0 unspecified atom stereocenters. The molecule has 1 fully saturated rings. The standard InChI is InChI=1S/C22H26N2O4/c1-15-8-9-16(2)20(14-15)28-17(3)21(25)23-19-7-5-4-6-18(19)22(26)24-10-12-27-13-11-24/h4-9,14,17H,10-13H2,1-3H3,(H,23,25)/t17-/m1/s1. The molecule has 6 nitrogen and oxygen atoms in total. The van der Waals surface area contributed by atoms with Gasteiger partial charge in [0.05, 0.1) is 24.5 Å². The fourth-order valence-electron chi connectivity index (χ4n) is 3.03. The monoisotopic (exact) mass is 382 g/mol. The topological polar surface area (TPSA) is 67.9 Å². The number of aryl methyl sites for hydroxylation is 2. The molecule has 2 amide bonds. The molecule has 2 aromatic carbocycles. The van der Waals surface area contributed by atoms with Crippen molar-refractivity contribution in [1.82, 2.24) is 4.90 Å². The molecule has 3 rings (SSSR count). The molecule has 1 atom stereocenters. The van der Waals surface area contributed by atoms with E-state index in [1.807, 2.05) is 32.0 Å². The van der Waals surface area contributed by atoms with E-state index in [0.717, 1.165) is 11.1 Å². The van der Waals surface area contributed by atoms with Gasteiger partial charge in [0.1, 0.15) is 5.75 Å². The van der Waals surface area contributed by atoms with Gasteiger partial charge in [-0.3, -0.25) is 9.59 Å². The van der Waals surface area contributed by atoms with E-state index in [0.29, 0.717) is 43.3 Å². The van der Waals surface area contributed by atoms with Gasteiger partial charge in [-0.2, -0.15) is 0 Å². The van der Waals surface area contributed by atoms with Crippen LogP contribution in [-0.2, 0) is 9.53 Å². The van der Waals surface area contributed by atoms with E-state index in [2.05, 4.69) is 5.32 Å². The summed E-state index contributed by atoms with van der Waals surface area (Å²) >= 11 is 0. The summed E-state index contributed by atoms with van der Waals surface area (Å²) in [6.07, 6.45) is -0.702. The van der Waals surface area contributed by atoms with Crippen LogP contribution in [0.25, 0.3) is 0 Å². The minimum Gasteiger partial charge on any atom is -0.481 e. The van der Waals surface area contributed by atoms with Crippen molar-refractivity contribution in [3.63, 3.8) is 0 Å². The quantitative estimate of drug-likeness (QED) is 0.862. The molecule has 0 aromatic heterocycles. The molecular weight excluding hydrogens is 356 g/mol. The molecule has 0 bridgehead atoms. The normalized spacial score (nSPS) is 15.0. The van der Waals surface area contributed by atoms with E-state index >= 15 is 0 Å². The van der Waals surface area contributed by atoms with Crippen LogP contribution in [0.5, 0.6) is 5.75 Å². The number of morpholine rings is 1. The molecule has 1 aliphatic heterocycles. The molecule has 0 saturated carbocycles. The number of nitrogens with zero attached hydrogens (tertiary/aromatic N) is 1. The first kappa shape index (κ1) is 19.9. The Kier molecular flexibility index (Phi) is 6.31. The van der Waals surface area contributed by atoms with Gasteiger partial charge < -0.3 is 19.7 Å². The van der Waals surface area contributed by atoms with Crippen molar-refractivity contribution >= 4 is 17.5 Å². The minimum atomic E-state index is -0.702. The fraction of sp³-hybridized carbons (Fsp3) is 0.364. The van der Waals surface area contributed by atoms with E-state index in [4.69, 9.17) is 9.47 Å². The highest BCUT2D eigenvalue weighted by Gasteiger charge is 2.23. The first-order chi connectivity index (χ1) is 13.5. The van der Waals surface area contributed by atoms with Gasteiger partial charge in [-0.15, -0.1) is 0 Å². The summed E-state index contributed by atoms with van der Waals surface area (Å²) in [6, 6.07) is 12.9. The van der Waals surface area contributed by atoms with Crippen LogP contribution in [-0.4, -0.2) is 49.1 Å². The molecule has 0 radical (unpaired) electrons. The maximum atomic E-state index is 12.8.